The minimum atomic E-state index is -2.69. The van der Waals surface area contributed by atoms with Crippen LogP contribution in [0, 0.1) is 17.8 Å². The SMILES string of the molecule is CC(C)(NC(=O)C1C[C@@H]2[C@H](C1)C2(F)F)C(=O)N[C@H](Cc1ccccc1)C(=O)C(=O)NCc1ccccn1. The first-order valence-corrected chi connectivity index (χ1v) is 12.3. The Balaban J connectivity index is 1.39. The average Bonchev–Trinajstić information content (AvgIpc) is 3.20. The third kappa shape index (κ3) is 6.00. The Morgan fingerprint density at radius 2 is 1.68 bits per heavy atom. The van der Waals surface area contributed by atoms with Gasteiger partial charge < -0.3 is 16.0 Å². The third-order valence-electron chi connectivity index (χ3n) is 7.10. The van der Waals surface area contributed by atoms with Crippen LogP contribution in [0.5, 0.6) is 0 Å². The Morgan fingerprint density at radius 3 is 2.30 bits per heavy atom. The minimum absolute atomic E-state index is 0.0430. The summed E-state index contributed by atoms with van der Waals surface area (Å²) in [5, 5.41) is 7.77. The number of halogens is 2. The van der Waals surface area contributed by atoms with Crippen molar-refractivity contribution in [3.63, 3.8) is 0 Å². The highest BCUT2D eigenvalue weighted by Crippen LogP contribution is 2.65. The molecule has 4 atom stereocenters. The molecule has 0 bridgehead atoms. The molecule has 0 spiro atoms. The van der Waals surface area contributed by atoms with Crippen LogP contribution in [0.25, 0.3) is 0 Å². The van der Waals surface area contributed by atoms with E-state index in [1.165, 1.54) is 13.8 Å². The number of rotatable bonds is 10. The van der Waals surface area contributed by atoms with Crippen LogP contribution in [0.3, 0.4) is 0 Å². The number of alkyl halides is 2. The van der Waals surface area contributed by atoms with Gasteiger partial charge in [0.15, 0.2) is 0 Å². The quantitative estimate of drug-likeness (QED) is 0.422. The highest BCUT2D eigenvalue weighted by Gasteiger charge is 2.72. The van der Waals surface area contributed by atoms with Crippen LogP contribution in [0.2, 0.25) is 0 Å². The van der Waals surface area contributed by atoms with Crippen LogP contribution in [0.4, 0.5) is 8.78 Å². The van der Waals surface area contributed by atoms with Crippen molar-refractivity contribution in [1.82, 2.24) is 20.9 Å². The molecule has 2 aromatic rings. The summed E-state index contributed by atoms with van der Waals surface area (Å²) in [6.45, 7) is 2.98. The highest BCUT2D eigenvalue weighted by atomic mass is 19.3. The molecule has 8 nitrogen and oxygen atoms in total. The van der Waals surface area contributed by atoms with E-state index in [1.807, 2.05) is 0 Å². The number of benzene rings is 1. The Kier molecular flexibility index (Phi) is 7.38. The first-order valence-electron chi connectivity index (χ1n) is 12.3. The monoisotopic (exact) mass is 512 g/mol. The van der Waals surface area contributed by atoms with Crippen LogP contribution >= 0.6 is 0 Å². The number of ketones is 1. The summed E-state index contributed by atoms with van der Waals surface area (Å²) < 4.78 is 27.0. The molecule has 0 radical (unpaired) electrons. The Hall–Kier alpha value is -3.69. The van der Waals surface area contributed by atoms with E-state index < -0.39 is 58.8 Å². The number of aromatic nitrogens is 1. The van der Waals surface area contributed by atoms with Gasteiger partial charge in [-0.3, -0.25) is 24.2 Å². The number of nitrogens with one attached hydrogen (secondary N) is 3. The second kappa shape index (κ2) is 10.4. The molecule has 196 valence electrons. The van der Waals surface area contributed by atoms with Gasteiger partial charge in [0.05, 0.1) is 12.2 Å². The van der Waals surface area contributed by atoms with Crippen molar-refractivity contribution in [2.24, 2.45) is 17.8 Å². The van der Waals surface area contributed by atoms with E-state index >= 15 is 0 Å². The topological polar surface area (TPSA) is 117 Å². The summed E-state index contributed by atoms with van der Waals surface area (Å²) in [4.78, 5) is 55.7. The lowest BCUT2D eigenvalue weighted by molar-refractivity contribution is -0.141. The van der Waals surface area contributed by atoms with E-state index in [0.29, 0.717) is 5.69 Å². The number of fused-ring (bicyclic) bond motifs is 1. The van der Waals surface area contributed by atoms with Crippen LogP contribution in [0.1, 0.15) is 37.9 Å². The fourth-order valence-electron chi connectivity index (χ4n) is 4.81. The Labute approximate surface area is 213 Å². The molecule has 0 saturated heterocycles. The normalized spacial score (nSPS) is 22.3. The van der Waals surface area contributed by atoms with Gasteiger partial charge in [0.1, 0.15) is 11.6 Å². The minimum Gasteiger partial charge on any atom is -0.344 e. The van der Waals surface area contributed by atoms with Crippen molar-refractivity contribution in [2.75, 3.05) is 0 Å². The van der Waals surface area contributed by atoms with Gasteiger partial charge in [-0.15, -0.1) is 0 Å². The third-order valence-corrected chi connectivity index (χ3v) is 7.10. The average molecular weight is 513 g/mol. The van der Waals surface area contributed by atoms with Crippen molar-refractivity contribution in [1.29, 1.82) is 0 Å². The summed E-state index contributed by atoms with van der Waals surface area (Å²) in [6, 6.07) is 12.9. The fourth-order valence-corrected chi connectivity index (χ4v) is 4.81. The number of pyridine rings is 1. The zero-order chi connectivity index (χ0) is 26.8. The maximum Gasteiger partial charge on any atom is 0.289 e. The molecule has 1 aromatic carbocycles. The molecule has 3 N–H and O–H groups in total. The molecule has 0 aliphatic heterocycles. The molecule has 2 aliphatic carbocycles. The zero-order valence-electron chi connectivity index (χ0n) is 20.7. The number of hydrogen-bond acceptors (Lipinski definition) is 5. The molecule has 3 amide bonds. The van der Waals surface area contributed by atoms with E-state index in [2.05, 4.69) is 20.9 Å². The van der Waals surface area contributed by atoms with Gasteiger partial charge in [0, 0.05) is 30.4 Å². The molecule has 2 aliphatic rings. The van der Waals surface area contributed by atoms with Crippen molar-refractivity contribution in [2.45, 2.75) is 57.2 Å². The number of hydrogen-bond donors (Lipinski definition) is 3. The van der Waals surface area contributed by atoms with Gasteiger partial charge in [-0.1, -0.05) is 36.4 Å². The number of Topliss-reactive ketones (excluding diaryl/α,β-unsaturated/α-hetero) is 1. The smallest absolute Gasteiger partial charge is 0.289 e. The van der Waals surface area contributed by atoms with Gasteiger partial charge in [0.25, 0.3) is 11.8 Å². The molecular weight excluding hydrogens is 482 g/mol. The summed E-state index contributed by atoms with van der Waals surface area (Å²) in [7, 11) is 0. The molecule has 1 aromatic heterocycles. The van der Waals surface area contributed by atoms with Gasteiger partial charge in [-0.25, -0.2) is 8.78 Å². The van der Waals surface area contributed by atoms with Crippen molar-refractivity contribution < 1.29 is 28.0 Å². The maximum atomic E-state index is 13.5. The van der Waals surface area contributed by atoms with Crippen LogP contribution in [-0.4, -0.2) is 46.0 Å². The predicted molar refractivity (Wildman–Crippen MR) is 130 cm³/mol. The lowest BCUT2D eigenvalue weighted by Gasteiger charge is -2.29. The summed E-state index contributed by atoms with van der Waals surface area (Å²) in [5.74, 6) is -7.65. The van der Waals surface area contributed by atoms with Crippen LogP contribution in [0.15, 0.2) is 54.7 Å². The molecule has 1 unspecified atom stereocenters. The van der Waals surface area contributed by atoms with E-state index in [0.717, 1.165) is 5.56 Å². The first kappa shape index (κ1) is 26.4. The molecule has 4 rings (SSSR count). The number of amides is 3. The summed E-state index contributed by atoms with van der Waals surface area (Å²) >= 11 is 0. The van der Waals surface area contributed by atoms with E-state index in [9.17, 15) is 28.0 Å². The number of carbonyl (C=O) groups is 4. The molecular formula is C27H30F2N4O4. The van der Waals surface area contributed by atoms with Gasteiger partial charge in [-0.2, -0.15) is 0 Å². The molecule has 1 heterocycles. The second-order valence-electron chi connectivity index (χ2n) is 10.3. The fraction of sp³-hybridized carbons (Fsp3) is 0.444. The Bertz CT molecular complexity index is 1160. The highest BCUT2D eigenvalue weighted by molar-refractivity contribution is 6.38. The first-order chi connectivity index (χ1) is 17.5. The van der Waals surface area contributed by atoms with Crippen LogP contribution in [-0.2, 0) is 32.1 Å². The zero-order valence-corrected chi connectivity index (χ0v) is 20.7. The molecule has 10 heteroatoms. The Morgan fingerprint density at radius 1 is 1.03 bits per heavy atom. The van der Waals surface area contributed by atoms with Crippen LogP contribution < -0.4 is 16.0 Å². The number of nitrogens with zero attached hydrogens (tertiary/aromatic N) is 1. The van der Waals surface area contributed by atoms with Gasteiger partial charge in [0.2, 0.25) is 17.6 Å². The molecule has 2 fully saturated rings. The second-order valence-corrected chi connectivity index (χ2v) is 10.3. The van der Waals surface area contributed by atoms with E-state index in [4.69, 9.17) is 0 Å². The lowest BCUT2D eigenvalue weighted by atomic mass is 9.96. The maximum absolute atomic E-state index is 13.5. The van der Waals surface area contributed by atoms with Crippen molar-refractivity contribution in [3.05, 3.63) is 66.0 Å². The molecule has 2 saturated carbocycles. The number of carbonyl (C=O) groups excluding carboxylic acids is 4. The van der Waals surface area contributed by atoms with Gasteiger partial charge >= 0.3 is 0 Å². The van der Waals surface area contributed by atoms with E-state index in [-0.39, 0.29) is 25.8 Å². The van der Waals surface area contributed by atoms with Crippen molar-refractivity contribution >= 4 is 23.5 Å². The lowest BCUT2D eigenvalue weighted by Crippen LogP contribution is -2.60. The molecule has 37 heavy (non-hydrogen) atoms. The predicted octanol–water partition coefficient (Wildman–Crippen LogP) is 2.18. The van der Waals surface area contributed by atoms with E-state index in [1.54, 1.807) is 54.7 Å². The van der Waals surface area contributed by atoms with Gasteiger partial charge in [-0.05, 0) is 44.4 Å². The standard InChI is InChI=1S/C27H30F2N4O4/c1-26(2,33-23(35)17-13-19-20(14-17)27(19,28)29)25(37)32-21(12-16-8-4-3-5-9-16)22(34)24(36)31-15-18-10-6-7-11-30-18/h3-11,17,19-21H,12-15H2,1-2H3,(H,31,36)(H,32,37)(H,33,35)/t17?,19-,20+,21-/m1/s1. The largest absolute Gasteiger partial charge is 0.344 e. The summed E-state index contributed by atoms with van der Waals surface area (Å²) in [6.07, 6.45) is 1.81. The summed E-state index contributed by atoms with van der Waals surface area (Å²) in [5.41, 5.74) is -0.142. The van der Waals surface area contributed by atoms with Crippen molar-refractivity contribution in [3.8, 4) is 0 Å².